The van der Waals surface area contributed by atoms with E-state index in [4.69, 9.17) is 16.3 Å². The fourth-order valence-corrected chi connectivity index (χ4v) is 2.57. The SMILES string of the molecule is Cc1ccc(Cl)c(Oc2ccc([C@H](C)O)c(Br)c2)c1. The van der Waals surface area contributed by atoms with Crippen LogP contribution in [0.5, 0.6) is 11.5 Å². The lowest BCUT2D eigenvalue weighted by Gasteiger charge is -2.12. The monoisotopic (exact) mass is 340 g/mol. The number of hydrogen-bond acceptors (Lipinski definition) is 2. The van der Waals surface area contributed by atoms with E-state index < -0.39 is 6.10 Å². The van der Waals surface area contributed by atoms with E-state index in [1.54, 1.807) is 6.92 Å². The lowest BCUT2D eigenvalue weighted by Crippen LogP contribution is -1.93. The summed E-state index contributed by atoms with van der Waals surface area (Å²) in [7, 11) is 0. The number of halogens is 2. The molecule has 0 bridgehead atoms. The summed E-state index contributed by atoms with van der Waals surface area (Å²) in [5, 5.41) is 10.1. The molecule has 0 saturated heterocycles. The average molecular weight is 342 g/mol. The second-order valence-corrected chi connectivity index (χ2v) is 5.66. The van der Waals surface area contributed by atoms with Gasteiger partial charge in [0.1, 0.15) is 11.5 Å². The molecule has 0 aliphatic carbocycles. The lowest BCUT2D eigenvalue weighted by atomic mass is 10.1. The first kappa shape index (κ1) is 14.4. The standard InChI is InChI=1S/C15H14BrClO2/c1-9-3-6-14(17)15(7-9)19-11-4-5-12(10(2)18)13(16)8-11/h3-8,10,18H,1-2H3/t10-/m0/s1. The maximum absolute atomic E-state index is 9.57. The van der Waals surface area contributed by atoms with Crippen LogP contribution in [0.15, 0.2) is 40.9 Å². The summed E-state index contributed by atoms with van der Waals surface area (Å²) in [6.07, 6.45) is -0.522. The minimum Gasteiger partial charge on any atom is -0.456 e. The van der Waals surface area contributed by atoms with Crippen LogP contribution in [-0.2, 0) is 0 Å². The molecule has 100 valence electrons. The number of aliphatic hydroxyl groups is 1. The maximum atomic E-state index is 9.57. The van der Waals surface area contributed by atoms with Crippen molar-refractivity contribution in [2.75, 3.05) is 0 Å². The molecule has 0 aliphatic heterocycles. The molecule has 19 heavy (non-hydrogen) atoms. The van der Waals surface area contributed by atoms with Gasteiger partial charge in [0.25, 0.3) is 0 Å². The average Bonchev–Trinajstić information content (AvgIpc) is 2.33. The molecule has 0 aliphatic rings. The summed E-state index contributed by atoms with van der Waals surface area (Å²) in [5.74, 6) is 1.29. The van der Waals surface area contributed by atoms with Gasteiger partial charge in [-0.2, -0.15) is 0 Å². The molecule has 2 nitrogen and oxygen atoms in total. The highest BCUT2D eigenvalue weighted by atomic mass is 79.9. The Labute approximate surface area is 126 Å². The molecule has 2 rings (SSSR count). The van der Waals surface area contributed by atoms with Crippen molar-refractivity contribution in [3.8, 4) is 11.5 Å². The summed E-state index contributed by atoms with van der Waals surface area (Å²) in [6, 6.07) is 11.1. The molecule has 0 fully saturated rings. The molecule has 0 amide bonds. The molecular formula is C15H14BrClO2. The molecule has 0 saturated carbocycles. The third-order valence-corrected chi connectivity index (χ3v) is 3.74. The smallest absolute Gasteiger partial charge is 0.146 e. The fraction of sp³-hybridized carbons (Fsp3) is 0.200. The topological polar surface area (TPSA) is 29.5 Å². The van der Waals surface area contributed by atoms with Gasteiger partial charge in [-0.05, 0) is 49.2 Å². The van der Waals surface area contributed by atoms with Gasteiger partial charge >= 0.3 is 0 Å². The first-order chi connectivity index (χ1) is 8.97. The number of ether oxygens (including phenoxy) is 1. The van der Waals surface area contributed by atoms with E-state index in [1.807, 2.05) is 43.3 Å². The van der Waals surface area contributed by atoms with Crippen molar-refractivity contribution in [3.63, 3.8) is 0 Å². The fourth-order valence-electron chi connectivity index (χ4n) is 1.73. The number of aryl methyl sites for hydroxylation is 1. The predicted octanol–water partition coefficient (Wildman–Crippen LogP) is 5.26. The van der Waals surface area contributed by atoms with E-state index in [2.05, 4.69) is 15.9 Å². The minimum absolute atomic E-state index is 0.522. The third-order valence-electron chi connectivity index (χ3n) is 2.74. The highest BCUT2D eigenvalue weighted by Gasteiger charge is 2.09. The highest BCUT2D eigenvalue weighted by molar-refractivity contribution is 9.10. The second kappa shape index (κ2) is 5.95. The van der Waals surface area contributed by atoms with Crippen LogP contribution in [0.4, 0.5) is 0 Å². The van der Waals surface area contributed by atoms with E-state index in [0.29, 0.717) is 16.5 Å². The molecule has 0 heterocycles. The van der Waals surface area contributed by atoms with E-state index in [9.17, 15) is 5.11 Å². The Balaban J connectivity index is 2.29. The van der Waals surface area contributed by atoms with Crippen LogP contribution < -0.4 is 4.74 Å². The van der Waals surface area contributed by atoms with Crippen molar-refractivity contribution in [2.24, 2.45) is 0 Å². The number of aliphatic hydroxyl groups excluding tert-OH is 1. The van der Waals surface area contributed by atoms with Crippen LogP contribution in [-0.4, -0.2) is 5.11 Å². The quantitative estimate of drug-likeness (QED) is 0.825. The molecular weight excluding hydrogens is 328 g/mol. The first-order valence-electron chi connectivity index (χ1n) is 5.89. The van der Waals surface area contributed by atoms with Gasteiger partial charge in [0, 0.05) is 4.47 Å². The Morgan fingerprint density at radius 2 is 1.95 bits per heavy atom. The van der Waals surface area contributed by atoms with Gasteiger partial charge in [-0.15, -0.1) is 0 Å². The van der Waals surface area contributed by atoms with Gasteiger partial charge in [-0.3, -0.25) is 0 Å². The van der Waals surface area contributed by atoms with Crippen molar-refractivity contribution in [2.45, 2.75) is 20.0 Å². The zero-order chi connectivity index (χ0) is 14.0. The Hall–Kier alpha value is -1.03. The summed E-state index contributed by atoms with van der Waals surface area (Å²) < 4.78 is 6.57. The number of benzene rings is 2. The lowest BCUT2D eigenvalue weighted by molar-refractivity contribution is 0.198. The molecule has 0 aromatic heterocycles. The van der Waals surface area contributed by atoms with Crippen molar-refractivity contribution in [3.05, 3.63) is 57.0 Å². The van der Waals surface area contributed by atoms with Crippen LogP contribution in [0.25, 0.3) is 0 Å². The van der Waals surface area contributed by atoms with Gasteiger partial charge in [0.05, 0.1) is 11.1 Å². The van der Waals surface area contributed by atoms with Crippen LogP contribution in [0, 0.1) is 6.92 Å². The van der Waals surface area contributed by atoms with Crippen LogP contribution in [0.3, 0.4) is 0 Å². The molecule has 2 aromatic rings. The molecule has 0 spiro atoms. The van der Waals surface area contributed by atoms with Crippen LogP contribution >= 0.6 is 27.5 Å². The van der Waals surface area contributed by atoms with E-state index in [-0.39, 0.29) is 0 Å². The van der Waals surface area contributed by atoms with E-state index in [0.717, 1.165) is 15.6 Å². The van der Waals surface area contributed by atoms with Gasteiger partial charge in [-0.1, -0.05) is 39.7 Å². The number of hydrogen-bond donors (Lipinski definition) is 1. The van der Waals surface area contributed by atoms with Crippen molar-refractivity contribution in [1.29, 1.82) is 0 Å². The van der Waals surface area contributed by atoms with Gasteiger partial charge in [0.15, 0.2) is 0 Å². The predicted molar refractivity (Wildman–Crippen MR) is 81.0 cm³/mol. The third kappa shape index (κ3) is 3.50. The van der Waals surface area contributed by atoms with Crippen LogP contribution in [0.2, 0.25) is 5.02 Å². The maximum Gasteiger partial charge on any atom is 0.146 e. The van der Waals surface area contributed by atoms with Gasteiger partial charge in [0.2, 0.25) is 0 Å². The zero-order valence-corrected chi connectivity index (χ0v) is 13.0. The summed E-state index contributed by atoms with van der Waals surface area (Å²) in [6.45, 7) is 3.70. The summed E-state index contributed by atoms with van der Waals surface area (Å²) in [5.41, 5.74) is 1.90. The molecule has 4 heteroatoms. The van der Waals surface area contributed by atoms with Crippen molar-refractivity contribution >= 4 is 27.5 Å². The molecule has 2 aromatic carbocycles. The van der Waals surface area contributed by atoms with Crippen molar-refractivity contribution < 1.29 is 9.84 Å². The Morgan fingerprint density at radius 3 is 2.58 bits per heavy atom. The highest BCUT2D eigenvalue weighted by Crippen LogP contribution is 2.33. The van der Waals surface area contributed by atoms with Crippen LogP contribution in [0.1, 0.15) is 24.2 Å². The van der Waals surface area contributed by atoms with Gasteiger partial charge in [-0.25, -0.2) is 0 Å². The number of rotatable bonds is 3. The first-order valence-corrected chi connectivity index (χ1v) is 7.06. The second-order valence-electron chi connectivity index (χ2n) is 4.40. The normalized spacial score (nSPS) is 12.3. The zero-order valence-electron chi connectivity index (χ0n) is 10.7. The molecule has 1 atom stereocenters. The molecule has 0 radical (unpaired) electrons. The Kier molecular flexibility index (Phi) is 4.50. The largest absolute Gasteiger partial charge is 0.456 e. The molecule has 0 unspecified atom stereocenters. The van der Waals surface area contributed by atoms with Crippen molar-refractivity contribution in [1.82, 2.24) is 0 Å². The summed E-state index contributed by atoms with van der Waals surface area (Å²) in [4.78, 5) is 0. The Morgan fingerprint density at radius 1 is 1.21 bits per heavy atom. The summed E-state index contributed by atoms with van der Waals surface area (Å²) >= 11 is 9.51. The molecule has 1 N–H and O–H groups in total. The minimum atomic E-state index is -0.522. The van der Waals surface area contributed by atoms with E-state index >= 15 is 0 Å². The van der Waals surface area contributed by atoms with Gasteiger partial charge < -0.3 is 9.84 Å². The van der Waals surface area contributed by atoms with E-state index in [1.165, 1.54) is 0 Å². The Bertz CT molecular complexity index is 597.